The Balaban J connectivity index is 2.34. The van der Waals surface area contributed by atoms with Crippen molar-refractivity contribution >= 4 is 11.9 Å². The molecular formula is C8H9NO3. The number of carbonyl (C=O) groups excluding carboxylic acids is 2. The average Bonchev–Trinajstić information content (AvgIpc) is 2.47. The first-order valence-corrected chi connectivity index (χ1v) is 3.63. The van der Waals surface area contributed by atoms with Crippen LogP contribution >= 0.6 is 0 Å². The van der Waals surface area contributed by atoms with Crippen LogP contribution in [0.3, 0.4) is 0 Å². The maximum atomic E-state index is 11.0. The fraction of sp³-hybridized carbons (Fsp3) is 0.500. The highest BCUT2D eigenvalue weighted by atomic mass is 16.5. The second-order valence-electron chi connectivity index (χ2n) is 2.47. The quantitative estimate of drug-likeness (QED) is 0.443. The second kappa shape index (κ2) is 3.77. The molecule has 0 aromatic rings. The summed E-state index contributed by atoms with van der Waals surface area (Å²) in [5.41, 5.74) is 0. The van der Waals surface area contributed by atoms with Gasteiger partial charge < -0.3 is 10.1 Å². The third-order valence-corrected chi connectivity index (χ3v) is 1.58. The first-order valence-electron chi connectivity index (χ1n) is 3.63. The molecular weight excluding hydrogens is 158 g/mol. The summed E-state index contributed by atoms with van der Waals surface area (Å²) in [7, 11) is 0. The molecule has 0 bridgehead atoms. The molecule has 4 nitrogen and oxygen atoms in total. The fourth-order valence-electron chi connectivity index (χ4n) is 1.00. The van der Waals surface area contributed by atoms with Gasteiger partial charge in [-0.2, -0.15) is 0 Å². The molecule has 0 aromatic heterocycles. The lowest BCUT2D eigenvalue weighted by Gasteiger charge is -2.06. The maximum absolute atomic E-state index is 11.0. The maximum Gasteiger partial charge on any atom is 0.329 e. The zero-order valence-electron chi connectivity index (χ0n) is 6.50. The zero-order valence-corrected chi connectivity index (χ0v) is 6.50. The molecule has 1 aliphatic heterocycles. The van der Waals surface area contributed by atoms with Crippen molar-refractivity contribution in [2.24, 2.45) is 0 Å². The SMILES string of the molecule is C#CCOC(=O)[C@@H]1CCC(=O)N1. The standard InChI is InChI=1S/C8H9NO3/c1-2-5-12-8(11)6-3-4-7(10)9-6/h1,6H,3-5H2,(H,9,10)/t6-/m0/s1. The number of amides is 1. The number of rotatable bonds is 2. The van der Waals surface area contributed by atoms with E-state index in [1.54, 1.807) is 0 Å². The Morgan fingerprint density at radius 2 is 2.58 bits per heavy atom. The molecule has 1 N–H and O–H groups in total. The van der Waals surface area contributed by atoms with Gasteiger partial charge in [-0.3, -0.25) is 4.79 Å². The van der Waals surface area contributed by atoms with Crippen LogP contribution in [0.2, 0.25) is 0 Å². The first-order chi connectivity index (χ1) is 5.74. The van der Waals surface area contributed by atoms with Gasteiger partial charge in [-0.15, -0.1) is 6.42 Å². The third kappa shape index (κ3) is 1.99. The van der Waals surface area contributed by atoms with Crippen LogP contribution in [0.25, 0.3) is 0 Å². The predicted octanol–water partition coefficient (Wildman–Crippen LogP) is -0.559. The summed E-state index contributed by atoms with van der Waals surface area (Å²) < 4.78 is 4.63. The van der Waals surface area contributed by atoms with Crippen molar-refractivity contribution < 1.29 is 14.3 Å². The van der Waals surface area contributed by atoms with Crippen LogP contribution in [0, 0.1) is 12.3 Å². The molecule has 12 heavy (non-hydrogen) atoms. The summed E-state index contributed by atoms with van der Waals surface area (Å²) in [6.45, 7) is -0.0365. The van der Waals surface area contributed by atoms with Crippen molar-refractivity contribution in [1.82, 2.24) is 5.32 Å². The van der Waals surface area contributed by atoms with Crippen molar-refractivity contribution in [3.05, 3.63) is 0 Å². The van der Waals surface area contributed by atoms with Crippen LogP contribution < -0.4 is 5.32 Å². The minimum absolute atomic E-state index is 0.0365. The highest BCUT2D eigenvalue weighted by molar-refractivity contribution is 5.88. The second-order valence-corrected chi connectivity index (χ2v) is 2.47. The molecule has 1 fully saturated rings. The van der Waals surface area contributed by atoms with Crippen LogP contribution in [-0.4, -0.2) is 24.5 Å². The fourth-order valence-corrected chi connectivity index (χ4v) is 1.00. The number of ether oxygens (including phenoxy) is 1. The Labute approximate surface area is 70.3 Å². The van der Waals surface area contributed by atoms with Crippen molar-refractivity contribution in [3.8, 4) is 12.3 Å². The van der Waals surface area contributed by atoms with Crippen molar-refractivity contribution in [3.63, 3.8) is 0 Å². The van der Waals surface area contributed by atoms with Gasteiger partial charge in [-0.05, 0) is 6.42 Å². The number of hydrogen-bond donors (Lipinski definition) is 1. The predicted molar refractivity (Wildman–Crippen MR) is 41.0 cm³/mol. The largest absolute Gasteiger partial charge is 0.451 e. The van der Waals surface area contributed by atoms with E-state index >= 15 is 0 Å². The molecule has 1 heterocycles. The van der Waals surface area contributed by atoms with E-state index in [0.717, 1.165) is 0 Å². The molecule has 1 rings (SSSR count). The molecule has 0 unspecified atom stereocenters. The van der Waals surface area contributed by atoms with Gasteiger partial charge in [0.1, 0.15) is 6.04 Å². The van der Waals surface area contributed by atoms with E-state index in [1.807, 2.05) is 0 Å². The summed E-state index contributed by atoms with van der Waals surface area (Å²) in [4.78, 5) is 21.7. The number of esters is 1. The van der Waals surface area contributed by atoms with Crippen molar-refractivity contribution in [1.29, 1.82) is 0 Å². The van der Waals surface area contributed by atoms with Gasteiger partial charge in [-0.1, -0.05) is 5.92 Å². The van der Waals surface area contributed by atoms with Gasteiger partial charge >= 0.3 is 5.97 Å². The van der Waals surface area contributed by atoms with E-state index in [2.05, 4.69) is 16.0 Å². The Kier molecular flexibility index (Phi) is 2.70. The summed E-state index contributed by atoms with van der Waals surface area (Å²) in [6, 6.07) is -0.495. The summed E-state index contributed by atoms with van der Waals surface area (Å²) in [5, 5.41) is 2.48. The minimum Gasteiger partial charge on any atom is -0.451 e. The molecule has 0 aliphatic carbocycles. The summed E-state index contributed by atoms with van der Waals surface area (Å²) in [6.07, 6.45) is 5.78. The van der Waals surface area contributed by atoms with E-state index in [0.29, 0.717) is 12.8 Å². The van der Waals surface area contributed by atoms with Crippen LogP contribution in [0.1, 0.15) is 12.8 Å². The van der Waals surface area contributed by atoms with Gasteiger partial charge in [0.25, 0.3) is 0 Å². The van der Waals surface area contributed by atoms with Crippen LogP contribution in [0.4, 0.5) is 0 Å². The molecule has 1 amide bonds. The lowest BCUT2D eigenvalue weighted by molar-refractivity contribution is -0.145. The molecule has 0 saturated carbocycles. The van der Waals surface area contributed by atoms with Gasteiger partial charge in [0.05, 0.1) is 0 Å². The van der Waals surface area contributed by atoms with Gasteiger partial charge in [0.15, 0.2) is 6.61 Å². The number of terminal acetylenes is 1. The molecule has 4 heteroatoms. The van der Waals surface area contributed by atoms with Crippen LogP contribution in [-0.2, 0) is 14.3 Å². The average molecular weight is 167 g/mol. The van der Waals surface area contributed by atoms with Gasteiger partial charge in [-0.25, -0.2) is 4.79 Å². The smallest absolute Gasteiger partial charge is 0.329 e. The molecule has 1 saturated heterocycles. The first kappa shape index (κ1) is 8.60. The number of hydrogen-bond acceptors (Lipinski definition) is 3. The number of nitrogens with one attached hydrogen (secondary N) is 1. The minimum atomic E-state index is -0.495. The molecule has 1 aliphatic rings. The van der Waals surface area contributed by atoms with E-state index in [-0.39, 0.29) is 12.5 Å². The monoisotopic (exact) mass is 167 g/mol. The summed E-state index contributed by atoms with van der Waals surface area (Å²) >= 11 is 0. The summed E-state index contributed by atoms with van der Waals surface area (Å²) in [5.74, 6) is 1.62. The Morgan fingerprint density at radius 1 is 1.83 bits per heavy atom. The molecule has 1 atom stereocenters. The lowest BCUT2D eigenvalue weighted by Crippen LogP contribution is -2.34. The van der Waals surface area contributed by atoms with E-state index in [1.165, 1.54) is 0 Å². The molecule has 0 spiro atoms. The Morgan fingerprint density at radius 3 is 3.08 bits per heavy atom. The highest BCUT2D eigenvalue weighted by Gasteiger charge is 2.27. The van der Waals surface area contributed by atoms with Crippen LogP contribution in [0.5, 0.6) is 0 Å². The topological polar surface area (TPSA) is 55.4 Å². The lowest BCUT2D eigenvalue weighted by atomic mass is 10.2. The molecule has 0 radical (unpaired) electrons. The normalized spacial score (nSPS) is 21.2. The number of carbonyl (C=O) groups is 2. The van der Waals surface area contributed by atoms with Crippen molar-refractivity contribution in [2.75, 3.05) is 6.61 Å². The highest BCUT2D eigenvalue weighted by Crippen LogP contribution is 2.07. The van der Waals surface area contributed by atoms with Gasteiger partial charge in [0, 0.05) is 6.42 Å². The molecule has 0 aromatic carbocycles. The van der Waals surface area contributed by atoms with E-state index in [4.69, 9.17) is 6.42 Å². The molecule has 64 valence electrons. The van der Waals surface area contributed by atoms with E-state index < -0.39 is 12.0 Å². The zero-order chi connectivity index (χ0) is 8.97. The Hall–Kier alpha value is -1.50. The van der Waals surface area contributed by atoms with Gasteiger partial charge in [0.2, 0.25) is 5.91 Å². The van der Waals surface area contributed by atoms with Crippen LogP contribution in [0.15, 0.2) is 0 Å². The Bertz CT molecular complexity index is 241. The van der Waals surface area contributed by atoms with E-state index in [9.17, 15) is 9.59 Å². The third-order valence-electron chi connectivity index (χ3n) is 1.58. The van der Waals surface area contributed by atoms with Crippen molar-refractivity contribution in [2.45, 2.75) is 18.9 Å².